The molecule has 0 N–H and O–H groups in total. The van der Waals surface area contributed by atoms with E-state index < -0.39 is 0 Å². The number of hydrogen-bond donors (Lipinski definition) is 0. The first-order valence-corrected chi connectivity index (χ1v) is 10.5. The highest BCUT2D eigenvalue weighted by atomic mass is 16.3. The Hall–Kier alpha value is -3.52. The van der Waals surface area contributed by atoms with Crippen molar-refractivity contribution in [3.05, 3.63) is 65.8 Å². The van der Waals surface area contributed by atoms with E-state index >= 15 is 0 Å². The largest absolute Gasteiger partial charge is 0.463 e. The topological polar surface area (TPSA) is 75.1 Å². The Labute approximate surface area is 180 Å². The van der Waals surface area contributed by atoms with Crippen molar-refractivity contribution in [2.24, 2.45) is 4.99 Å². The van der Waals surface area contributed by atoms with Crippen molar-refractivity contribution in [2.75, 3.05) is 38.1 Å². The van der Waals surface area contributed by atoms with Gasteiger partial charge in [-0.3, -0.25) is 14.9 Å². The second kappa shape index (κ2) is 8.31. The summed E-state index contributed by atoms with van der Waals surface area (Å²) in [7, 11) is 1.75. The number of nitrogens with zero attached hydrogens (tertiary/aromatic N) is 7. The highest BCUT2D eigenvalue weighted by Gasteiger charge is 2.21. The molecule has 0 radical (unpaired) electrons. The predicted octanol–water partition coefficient (Wildman–Crippen LogP) is 3.06. The second-order valence-electron chi connectivity index (χ2n) is 7.71. The Morgan fingerprint density at radius 2 is 2.00 bits per heavy atom. The number of pyridine rings is 1. The van der Waals surface area contributed by atoms with Crippen molar-refractivity contribution in [3.8, 4) is 11.5 Å². The minimum Gasteiger partial charge on any atom is -0.463 e. The summed E-state index contributed by atoms with van der Waals surface area (Å²) in [4.78, 5) is 18.5. The minimum absolute atomic E-state index is 0.709. The van der Waals surface area contributed by atoms with Crippen LogP contribution in [0.3, 0.4) is 0 Å². The Balaban J connectivity index is 1.36. The van der Waals surface area contributed by atoms with Crippen LogP contribution in [0.2, 0.25) is 0 Å². The van der Waals surface area contributed by atoms with E-state index in [0.29, 0.717) is 5.76 Å². The first-order valence-electron chi connectivity index (χ1n) is 10.5. The molecule has 0 spiro atoms. The van der Waals surface area contributed by atoms with Gasteiger partial charge in [-0.15, -0.1) is 0 Å². The molecule has 0 unspecified atom stereocenters. The molecule has 158 valence electrons. The molecule has 4 aromatic rings. The molecule has 1 saturated heterocycles. The molecule has 5 rings (SSSR count). The molecule has 1 aliphatic heterocycles. The van der Waals surface area contributed by atoms with Crippen LogP contribution in [0.1, 0.15) is 16.8 Å². The van der Waals surface area contributed by atoms with Crippen molar-refractivity contribution in [1.82, 2.24) is 24.5 Å². The van der Waals surface area contributed by atoms with Crippen LogP contribution in [0.15, 0.2) is 58.4 Å². The fourth-order valence-electron chi connectivity index (χ4n) is 3.99. The van der Waals surface area contributed by atoms with Crippen molar-refractivity contribution >= 4 is 17.7 Å². The van der Waals surface area contributed by atoms with Crippen LogP contribution in [-0.4, -0.2) is 63.9 Å². The number of hydrogen-bond acceptors (Lipinski definition) is 7. The third-order valence-electron chi connectivity index (χ3n) is 5.71. The summed E-state index contributed by atoms with van der Waals surface area (Å²) in [6.07, 6.45) is 7.28. The lowest BCUT2D eigenvalue weighted by atomic mass is 10.2. The number of rotatable bonds is 5. The van der Waals surface area contributed by atoms with E-state index in [1.807, 2.05) is 36.7 Å². The third kappa shape index (κ3) is 3.82. The molecule has 8 nitrogen and oxygen atoms in total. The number of aromatic nitrogens is 4. The van der Waals surface area contributed by atoms with E-state index in [1.165, 1.54) is 5.56 Å². The van der Waals surface area contributed by atoms with E-state index in [9.17, 15) is 0 Å². The Morgan fingerprint density at radius 3 is 2.74 bits per heavy atom. The number of fused-ring (bicyclic) bond motifs is 1. The number of anilines is 1. The molecule has 0 bridgehead atoms. The summed E-state index contributed by atoms with van der Waals surface area (Å²) >= 11 is 0. The Morgan fingerprint density at radius 1 is 1.13 bits per heavy atom. The lowest BCUT2D eigenvalue weighted by molar-refractivity contribution is 0.246. The fourth-order valence-corrected chi connectivity index (χ4v) is 3.99. The first kappa shape index (κ1) is 19.4. The average molecular weight is 416 g/mol. The molecule has 0 saturated carbocycles. The van der Waals surface area contributed by atoms with Gasteiger partial charge in [0.2, 0.25) is 0 Å². The summed E-state index contributed by atoms with van der Waals surface area (Å²) in [5.41, 5.74) is 4.79. The van der Waals surface area contributed by atoms with Crippen LogP contribution >= 0.6 is 0 Å². The van der Waals surface area contributed by atoms with Crippen molar-refractivity contribution < 1.29 is 4.42 Å². The smallest absolute Gasteiger partial charge is 0.166 e. The van der Waals surface area contributed by atoms with Gasteiger partial charge in [0.15, 0.2) is 11.4 Å². The van der Waals surface area contributed by atoms with Gasteiger partial charge in [-0.05, 0) is 36.8 Å². The van der Waals surface area contributed by atoms with Crippen LogP contribution in [0.4, 0.5) is 5.82 Å². The number of aryl methyl sites for hydroxylation is 1. The van der Waals surface area contributed by atoms with Gasteiger partial charge >= 0.3 is 0 Å². The van der Waals surface area contributed by atoms with Gasteiger partial charge in [0.1, 0.15) is 11.5 Å². The number of piperazine rings is 1. The van der Waals surface area contributed by atoms with E-state index in [4.69, 9.17) is 9.40 Å². The van der Waals surface area contributed by atoms with E-state index in [1.54, 1.807) is 24.0 Å². The predicted molar refractivity (Wildman–Crippen MR) is 121 cm³/mol. The molecule has 1 aliphatic rings. The summed E-state index contributed by atoms with van der Waals surface area (Å²) < 4.78 is 7.36. The summed E-state index contributed by atoms with van der Waals surface area (Å²) in [6, 6.07) is 9.90. The summed E-state index contributed by atoms with van der Waals surface area (Å²) in [5.74, 6) is 1.66. The van der Waals surface area contributed by atoms with E-state index in [0.717, 1.165) is 61.1 Å². The van der Waals surface area contributed by atoms with Crippen LogP contribution in [-0.2, 0) is 6.54 Å². The molecule has 0 aromatic carbocycles. The third-order valence-corrected chi connectivity index (χ3v) is 5.71. The Bertz CT molecular complexity index is 1200. The van der Waals surface area contributed by atoms with Gasteiger partial charge in [0, 0.05) is 58.4 Å². The van der Waals surface area contributed by atoms with Gasteiger partial charge < -0.3 is 9.32 Å². The summed E-state index contributed by atoms with van der Waals surface area (Å²) in [5, 5.41) is 4.66. The average Bonchev–Trinajstić information content (AvgIpc) is 3.44. The van der Waals surface area contributed by atoms with Gasteiger partial charge in [-0.1, -0.05) is 6.07 Å². The zero-order valence-corrected chi connectivity index (χ0v) is 17.8. The monoisotopic (exact) mass is 415 g/mol. The summed E-state index contributed by atoms with van der Waals surface area (Å²) in [6.45, 7) is 6.81. The maximum Gasteiger partial charge on any atom is 0.166 e. The van der Waals surface area contributed by atoms with Crippen molar-refractivity contribution in [1.29, 1.82) is 0 Å². The van der Waals surface area contributed by atoms with Crippen LogP contribution in [0.5, 0.6) is 0 Å². The lowest BCUT2D eigenvalue weighted by Gasteiger charge is -2.35. The molecule has 0 amide bonds. The highest BCUT2D eigenvalue weighted by Crippen LogP contribution is 2.26. The second-order valence-corrected chi connectivity index (χ2v) is 7.71. The normalized spacial score (nSPS) is 15.4. The van der Waals surface area contributed by atoms with E-state index in [2.05, 4.69) is 37.9 Å². The number of aliphatic imine (C=N–C) groups is 1. The van der Waals surface area contributed by atoms with Gasteiger partial charge in [-0.25, -0.2) is 9.50 Å². The quantitative estimate of drug-likeness (QED) is 0.467. The van der Waals surface area contributed by atoms with Crippen LogP contribution < -0.4 is 4.90 Å². The minimum atomic E-state index is 0.709. The first-order chi connectivity index (χ1) is 15.2. The number of furan rings is 1. The molecular formula is C23H25N7O. The molecule has 4 aromatic heterocycles. The maximum atomic E-state index is 5.57. The maximum absolute atomic E-state index is 5.57. The zero-order chi connectivity index (χ0) is 21.2. The molecular weight excluding hydrogens is 390 g/mol. The van der Waals surface area contributed by atoms with Gasteiger partial charge in [0.25, 0.3) is 0 Å². The van der Waals surface area contributed by atoms with Crippen LogP contribution in [0, 0.1) is 6.92 Å². The SMILES string of the molecule is CN=Cc1c(-c2ccco2)nn2ccc(N3CCN(Cc4ncccc4C)CC3)nc12. The van der Waals surface area contributed by atoms with Crippen LogP contribution in [0.25, 0.3) is 17.1 Å². The van der Waals surface area contributed by atoms with Gasteiger partial charge in [0.05, 0.1) is 17.5 Å². The van der Waals surface area contributed by atoms with Crippen molar-refractivity contribution in [3.63, 3.8) is 0 Å². The fraction of sp³-hybridized carbons (Fsp3) is 0.304. The van der Waals surface area contributed by atoms with E-state index in [-0.39, 0.29) is 0 Å². The molecule has 31 heavy (non-hydrogen) atoms. The van der Waals surface area contributed by atoms with Crippen molar-refractivity contribution in [2.45, 2.75) is 13.5 Å². The molecule has 1 fully saturated rings. The Kier molecular flexibility index (Phi) is 5.21. The molecule has 8 heteroatoms. The standard InChI is InChI=1S/C23H25N7O/c1-17-5-3-8-25-19(17)16-28-10-12-29(13-11-28)21-7-9-30-23(26-21)18(15-24-2)22(27-30)20-6-4-14-31-20/h3-9,14-15H,10-13,16H2,1-2H3. The molecule has 0 atom stereocenters. The lowest BCUT2D eigenvalue weighted by Crippen LogP contribution is -2.46. The molecule has 0 aliphatic carbocycles. The highest BCUT2D eigenvalue weighted by molar-refractivity contribution is 5.95. The zero-order valence-electron chi connectivity index (χ0n) is 17.8. The van der Waals surface area contributed by atoms with Gasteiger partial charge in [-0.2, -0.15) is 5.10 Å². The molecule has 5 heterocycles.